The van der Waals surface area contributed by atoms with Crippen LogP contribution in [0.5, 0.6) is 5.75 Å². The van der Waals surface area contributed by atoms with E-state index in [0.717, 1.165) is 0 Å². The Hall–Kier alpha value is -2.56. The Bertz CT molecular complexity index is 644. The molecule has 0 fully saturated rings. The van der Waals surface area contributed by atoms with Gasteiger partial charge in [-0.3, -0.25) is 4.79 Å². The van der Waals surface area contributed by atoms with Crippen molar-refractivity contribution in [3.05, 3.63) is 53.8 Å². The van der Waals surface area contributed by atoms with E-state index in [2.05, 4.69) is 0 Å². The van der Waals surface area contributed by atoms with Gasteiger partial charge in [0.15, 0.2) is 11.6 Å². The number of hydrogen-bond donors (Lipinski definition) is 1. The average molecular weight is 274 g/mol. The number of para-hydroxylation sites is 2. The molecule has 0 radical (unpaired) electrons. The smallest absolute Gasteiger partial charge is 0.258 e. The molecule has 20 heavy (non-hydrogen) atoms. The van der Waals surface area contributed by atoms with E-state index in [1.807, 2.05) is 0 Å². The fourth-order valence-electron chi connectivity index (χ4n) is 1.89. The van der Waals surface area contributed by atoms with Crippen molar-refractivity contribution in [3.8, 4) is 5.75 Å². The van der Waals surface area contributed by atoms with Crippen LogP contribution in [0, 0.1) is 5.82 Å². The molecule has 2 aromatic rings. The number of benzene rings is 2. The number of ether oxygens (including phenoxy) is 1. The lowest BCUT2D eigenvalue weighted by atomic mass is 10.1. The minimum atomic E-state index is -0.508. The van der Waals surface area contributed by atoms with Crippen LogP contribution >= 0.6 is 0 Å². The highest BCUT2D eigenvalue weighted by Gasteiger charge is 2.17. The van der Waals surface area contributed by atoms with Gasteiger partial charge in [-0.2, -0.15) is 0 Å². The van der Waals surface area contributed by atoms with Crippen LogP contribution in [0.1, 0.15) is 10.4 Å². The number of methoxy groups -OCH3 is 1. The first-order valence-electron chi connectivity index (χ1n) is 6.00. The Kier molecular flexibility index (Phi) is 3.89. The Labute approximate surface area is 116 Å². The fraction of sp³-hybridized carbons (Fsp3) is 0.133. The Morgan fingerprint density at radius 2 is 1.95 bits per heavy atom. The molecule has 2 N–H and O–H groups in total. The molecule has 2 rings (SSSR count). The minimum Gasteiger partial charge on any atom is -0.494 e. The molecule has 0 aliphatic carbocycles. The molecule has 0 unspecified atom stereocenters. The van der Waals surface area contributed by atoms with Crippen molar-refractivity contribution in [3.63, 3.8) is 0 Å². The summed E-state index contributed by atoms with van der Waals surface area (Å²) in [5, 5.41) is 0. The second-order valence-corrected chi connectivity index (χ2v) is 4.27. The zero-order valence-corrected chi connectivity index (χ0v) is 11.3. The summed E-state index contributed by atoms with van der Waals surface area (Å²) in [6, 6.07) is 11.0. The second-order valence-electron chi connectivity index (χ2n) is 4.27. The highest BCUT2D eigenvalue weighted by atomic mass is 19.1. The van der Waals surface area contributed by atoms with Crippen molar-refractivity contribution >= 4 is 17.3 Å². The number of carbonyl (C=O) groups excluding carboxylic acids is 1. The van der Waals surface area contributed by atoms with Crippen LogP contribution in [0.4, 0.5) is 15.8 Å². The van der Waals surface area contributed by atoms with Crippen LogP contribution < -0.4 is 15.4 Å². The van der Waals surface area contributed by atoms with Crippen LogP contribution in [0.15, 0.2) is 42.5 Å². The number of carbonyl (C=O) groups is 1. The molecular formula is C15H15FN2O2. The molecule has 5 heteroatoms. The van der Waals surface area contributed by atoms with Crippen molar-refractivity contribution in [1.82, 2.24) is 0 Å². The third-order valence-electron chi connectivity index (χ3n) is 3.00. The zero-order valence-electron chi connectivity index (χ0n) is 11.3. The Morgan fingerprint density at radius 3 is 2.60 bits per heavy atom. The minimum absolute atomic E-state index is 0.0327. The Balaban J connectivity index is 2.34. The first-order valence-corrected chi connectivity index (χ1v) is 6.00. The summed E-state index contributed by atoms with van der Waals surface area (Å²) in [4.78, 5) is 13.8. The predicted octanol–water partition coefficient (Wildman–Crippen LogP) is 2.69. The molecule has 0 heterocycles. The third kappa shape index (κ3) is 2.56. The van der Waals surface area contributed by atoms with Gasteiger partial charge in [-0.1, -0.05) is 12.1 Å². The monoisotopic (exact) mass is 274 g/mol. The lowest BCUT2D eigenvalue weighted by Gasteiger charge is -2.19. The topological polar surface area (TPSA) is 55.6 Å². The third-order valence-corrected chi connectivity index (χ3v) is 3.00. The first kappa shape index (κ1) is 13.9. The van der Waals surface area contributed by atoms with Gasteiger partial charge in [0.25, 0.3) is 5.91 Å². The molecule has 0 saturated carbocycles. The molecule has 0 aliphatic heterocycles. The molecule has 104 valence electrons. The van der Waals surface area contributed by atoms with Crippen molar-refractivity contribution in [2.45, 2.75) is 0 Å². The van der Waals surface area contributed by atoms with E-state index in [1.165, 1.54) is 30.2 Å². The predicted molar refractivity (Wildman–Crippen MR) is 76.5 cm³/mol. The van der Waals surface area contributed by atoms with Crippen LogP contribution in [0.25, 0.3) is 0 Å². The van der Waals surface area contributed by atoms with E-state index >= 15 is 0 Å². The number of anilines is 2. The van der Waals surface area contributed by atoms with Gasteiger partial charge < -0.3 is 15.4 Å². The molecule has 4 nitrogen and oxygen atoms in total. The fourth-order valence-corrected chi connectivity index (χ4v) is 1.89. The van der Waals surface area contributed by atoms with Crippen molar-refractivity contribution < 1.29 is 13.9 Å². The highest BCUT2D eigenvalue weighted by molar-refractivity contribution is 6.07. The largest absolute Gasteiger partial charge is 0.494 e. The quantitative estimate of drug-likeness (QED) is 0.875. The lowest BCUT2D eigenvalue weighted by molar-refractivity contribution is 0.0992. The van der Waals surface area contributed by atoms with Gasteiger partial charge in [0.05, 0.1) is 18.5 Å². The van der Waals surface area contributed by atoms with Gasteiger partial charge in [-0.25, -0.2) is 4.39 Å². The molecule has 0 aromatic heterocycles. The molecule has 0 aliphatic rings. The number of halogens is 1. The van der Waals surface area contributed by atoms with E-state index in [-0.39, 0.29) is 11.7 Å². The highest BCUT2D eigenvalue weighted by Crippen LogP contribution is 2.24. The summed E-state index contributed by atoms with van der Waals surface area (Å²) in [5.41, 5.74) is 7.26. The van der Waals surface area contributed by atoms with Gasteiger partial charge >= 0.3 is 0 Å². The number of nitrogens with zero attached hydrogens (tertiary/aromatic N) is 1. The van der Waals surface area contributed by atoms with Crippen LogP contribution in [-0.2, 0) is 0 Å². The van der Waals surface area contributed by atoms with Gasteiger partial charge in [0.2, 0.25) is 0 Å². The number of amides is 1. The van der Waals surface area contributed by atoms with E-state index in [9.17, 15) is 9.18 Å². The summed E-state index contributed by atoms with van der Waals surface area (Å²) < 4.78 is 18.2. The maximum atomic E-state index is 13.4. The van der Waals surface area contributed by atoms with Crippen LogP contribution in [0.3, 0.4) is 0 Å². The van der Waals surface area contributed by atoms with Gasteiger partial charge in [-0.05, 0) is 30.3 Å². The average Bonchev–Trinajstić information content (AvgIpc) is 2.47. The summed E-state index contributed by atoms with van der Waals surface area (Å²) >= 11 is 0. The molecule has 0 spiro atoms. The van der Waals surface area contributed by atoms with Crippen molar-refractivity contribution in [2.75, 3.05) is 24.8 Å². The van der Waals surface area contributed by atoms with Crippen molar-refractivity contribution in [1.29, 1.82) is 0 Å². The molecule has 0 atom stereocenters. The second kappa shape index (κ2) is 5.61. The Morgan fingerprint density at radius 1 is 1.25 bits per heavy atom. The molecule has 1 amide bonds. The summed E-state index contributed by atoms with van der Waals surface area (Å²) in [6.07, 6.45) is 0. The first-order chi connectivity index (χ1) is 9.54. The molecule has 0 saturated heterocycles. The molecule has 0 bridgehead atoms. The van der Waals surface area contributed by atoms with Crippen LogP contribution in [-0.4, -0.2) is 20.1 Å². The number of nitrogens with two attached hydrogens (primary N) is 1. The number of rotatable bonds is 3. The normalized spacial score (nSPS) is 10.2. The number of nitrogen functional groups attached to an aromatic ring is 1. The van der Waals surface area contributed by atoms with E-state index in [4.69, 9.17) is 10.5 Å². The molecule has 2 aromatic carbocycles. The van der Waals surface area contributed by atoms with E-state index < -0.39 is 5.82 Å². The SMILES string of the molecule is COc1cc(C(=O)N(C)c2ccccc2N)ccc1F. The lowest BCUT2D eigenvalue weighted by Crippen LogP contribution is -2.27. The van der Waals surface area contributed by atoms with Gasteiger partial charge in [0.1, 0.15) is 0 Å². The number of hydrogen-bond acceptors (Lipinski definition) is 3. The zero-order chi connectivity index (χ0) is 14.7. The van der Waals surface area contributed by atoms with Gasteiger partial charge in [0, 0.05) is 12.6 Å². The van der Waals surface area contributed by atoms with Crippen LogP contribution in [0.2, 0.25) is 0 Å². The maximum Gasteiger partial charge on any atom is 0.258 e. The summed E-state index contributed by atoms with van der Waals surface area (Å²) in [5.74, 6) is -0.766. The standard InChI is InChI=1S/C15H15FN2O2/c1-18(13-6-4-3-5-12(13)17)15(19)10-7-8-11(16)14(9-10)20-2/h3-9H,17H2,1-2H3. The van der Waals surface area contributed by atoms with E-state index in [0.29, 0.717) is 16.9 Å². The summed E-state index contributed by atoms with van der Waals surface area (Å²) in [6.45, 7) is 0. The van der Waals surface area contributed by atoms with E-state index in [1.54, 1.807) is 31.3 Å². The maximum absolute atomic E-state index is 13.4. The van der Waals surface area contributed by atoms with Crippen molar-refractivity contribution in [2.24, 2.45) is 0 Å². The van der Waals surface area contributed by atoms with Gasteiger partial charge in [-0.15, -0.1) is 0 Å². The molecular weight excluding hydrogens is 259 g/mol. The summed E-state index contributed by atoms with van der Waals surface area (Å²) in [7, 11) is 2.97.